The number of halogens is 1. The van der Waals surface area contributed by atoms with E-state index in [1.165, 1.54) is 44.8 Å². The molecule has 2 aliphatic rings. The Labute approximate surface area is 200 Å². The predicted molar refractivity (Wildman–Crippen MR) is 132 cm³/mol. The Morgan fingerprint density at radius 3 is 2.64 bits per heavy atom. The first-order valence-electron chi connectivity index (χ1n) is 11.7. The van der Waals surface area contributed by atoms with Crippen LogP contribution in [0.3, 0.4) is 0 Å². The molecule has 1 saturated carbocycles. The Morgan fingerprint density at radius 2 is 1.94 bits per heavy atom. The number of carbonyl (C=O) groups excluding carboxylic acids is 1. The third kappa shape index (κ3) is 5.86. The van der Waals surface area contributed by atoms with E-state index in [1.807, 2.05) is 17.0 Å². The number of benzene rings is 1. The zero-order valence-corrected chi connectivity index (χ0v) is 20.2. The summed E-state index contributed by atoms with van der Waals surface area (Å²) < 4.78 is 5.54. The summed E-state index contributed by atoms with van der Waals surface area (Å²) in [7, 11) is 3.33. The van der Waals surface area contributed by atoms with Gasteiger partial charge in [0.15, 0.2) is 0 Å². The molecule has 0 atom stereocenters. The molecule has 9 heteroatoms. The highest BCUT2D eigenvalue weighted by Gasteiger charge is 2.25. The maximum Gasteiger partial charge on any atom is 0.254 e. The molecule has 33 heavy (non-hydrogen) atoms. The topological polar surface area (TPSA) is 82.6 Å². The molecule has 0 unspecified atom stereocenters. The fraction of sp³-hybridized carbons (Fsp3) is 0.542. The van der Waals surface area contributed by atoms with Gasteiger partial charge in [-0.3, -0.25) is 9.69 Å². The molecule has 1 saturated heterocycles. The number of rotatable bonds is 7. The number of amides is 1. The zero-order chi connectivity index (χ0) is 23.2. The minimum Gasteiger partial charge on any atom is -0.495 e. The van der Waals surface area contributed by atoms with E-state index in [9.17, 15) is 4.79 Å². The Hall–Kier alpha value is -2.58. The molecular weight excluding hydrogens is 440 g/mol. The summed E-state index contributed by atoms with van der Waals surface area (Å²) in [6, 6.07) is 5.41. The molecule has 2 heterocycles. The number of nitrogens with zero attached hydrogens (tertiary/aromatic N) is 4. The van der Waals surface area contributed by atoms with Gasteiger partial charge < -0.3 is 20.3 Å². The normalized spacial score (nSPS) is 17.6. The number of methoxy groups -OCH3 is 1. The summed E-state index contributed by atoms with van der Waals surface area (Å²) >= 11 is 6.06. The van der Waals surface area contributed by atoms with Gasteiger partial charge in [0.05, 0.1) is 19.0 Å². The van der Waals surface area contributed by atoms with Crippen LogP contribution in [0.15, 0.2) is 24.4 Å². The van der Waals surface area contributed by atoms with Gasteiger partial charge in [0.25, 0.3) is 5.91 Å². The quantitative estimate of drug-likeness (QED) is 0.622. The molecule has 178 valence electrons. The van der Waals surface area contributed by atoms with Crippen molar-refractivity contribution in [1.82, 2.24) is 19.8 Å². The van der Waals surface area contributed by atoms with Gasteiger partial charge in [0, 0.05) is 45.3 Å². The highest BCUT2D eigenvalue weighted by atomic mass is 35.5. The van der Waals surface area contributed by atoms with E-state index in [2.05, 4.69) is 25.5 Å². The molecule has 1 aromatic heterocycles. The minimum absolute atomic E-state index is 0.0392. The zero-order valence-electron chi connectivity index (χ0n) is 19.4. The smallest absolute Gasteiger partial charge is 0.254 e. The van der Waals surface area contributed by atoms with Crippen molar-refractivity contribution in [2.24, 2.45) is 5.92 Å². The first-order chi connectivity index (χ1) is 16.1. The number of hydrogen-bond acceptors (Lipinski definition) is 7. The third-order valence-corrected chi connectivity index (χ3v) is 6.85. The molecule has 4 rings (SSSR count). The molecule has 0 bridgehead atoms. The molecule has 0 radical (unpaired) electrons. The maximum absolute atomic E-state index is 13.1. The van der Waals surface area contributed by atoms with Gasteiger partial charge in [-0.05, 0) is 37.0 Å². The number of hydrogen-bond donors (Lipinski definition) is 2. The predicted octanol–water partition coefficient (Wildman–Crippen LogP) is 4.26. The molecule has 1 aliphatic carbocycles. The summed E-state index contributed by atoms with van der Waals surface area (Å²) in [5.41, 5.74) is 1.29. The number of piperazine rings is 1. The van der Waals surface area contributed by atoms with Gasteiger partial charge in [0.2, 0.25) is 5.95 Å². The average Bonchev–Trinajstić information content (AvgIpc) is 2.86. The Bertz CT molecular complexity index is 958. The molecule has 1 amide bonds. The van der Waals surface area contributed by atoms with Crippen molar-refractivity contribution >= 4 is 35.0 Å². The van der Waals surface area contributed by atoms with Crippen molar-refractivity contribution in [1.29, 1.82) is 0 Å². The van der Waals surface area contributed by atoms with Gasteiger partial charge in [-0.15, -0.1) is 0 Å². The Balaban J connectivity index is 1.37. The largest absolute Gasteiger partial charge is 0.495 e. The summed E-state index contributed by atoms with van der Waals surface area (Å²) in [5, 5.41) is 6.51. The number of aromatic nitrogens is 2. The molecular formula is C24H33ClN6O2. The second kappa shape index (κ2) is 11.0. The first kappa shape index (κ1) is 23.6. The number of anilines is 3. The standard InChI is InChI=1S/C24H33ClN6O2/c1-26-22-19(25)15-27-24(29-22)28-20-9-8-18(14-21(20)33-2)23(32)31-12-10-30(11-13-31)16-17-6-4-3-5-7-17/h8-9,14-15,17H,3-7,10-13,16H2,1-2H3,(H2,26,27,28,29). The van der Waals surface area contributed by atoms with Gasteiger partial charge in [-0.25, -0.2) is 4.98 Å². The van der Waals surface area contributed by atoms with Crippen LogP contribution in [0.1, 0.15) is 42.5 Å². The minimum atomic E-state index is 0.0392. The Kier molecular flexibility index (Phi) is 7.88. The van der Waals surface area contributed by atoms with E-state index in [0.717, 1.165) is 32.1 Å². The third-order valence-electron chi connectivity index (χ3n) is 6.58. The lowest BCUT2D eigenvalue weighted by Gasteiger charge is -2.37. The van der Waals surface area contributed by atoms with E-state index in [-0.39, 0.29) is 5.91 Å². The van der Waals surface area contributed by atoms with E-state index < -0.39 is 0 Å². The second-order valence-corrected chi connectivity index (χ2v) is 9.18. The van der Waals surface area contributed by atoms with Gasteiger partial charge >= 0.3 is 0 Å². The number of carbonyl (C=O) groups is 1. The van der Waals surface area contributed by atoms with Crippen LogP contribution in [0, 0.1) is 5.92 Å². The fourth-order valence-corrected chi connectivity index (χ4v) is 4.89. The van der Waals surface area contributed by atoms with Crippen molar-refractivity contribution in [3.05, 3.63) is 35.0 Å². The van der Waals surface area contributed by atoms with Gasteiger partial charge in [0.1, 0.15) is 16.6 Å². The molecule has 2 aromatic rings. The van der Waals surface area contributed by atoms with Crippen LogP contribution in [-0.4, -0.2) is 72.6 Å². The van der Waals surface area contributed by atoms with E-state index in [1.54, 1.807) is 20.2 Å². The van der Waals surface area contributed by atoms with Crippen molar-refractivity contribution in [3.8, 4) is 5.75 Å². The molecule has 8 nitrogen and oxygen atoms in total. The van der Waals surface area contributed by atoms with E-state index in [0.29, 0.717) is 33.8 Å². The van der Waals surface area contributed by atoms with Crippen LogP contribution in [0.4, 0.5) is 17.5 Å². The lowest BCUT2D eigenvalue weighted by atomic mass is 9.89. The first-order valence-corrected chi connectivity index (χ1v) is 12.1. The second-order valence-electron chi connectivity index (χ2n) is 8.78. The number of nitrogens with one attached hydrogen (secondary N) is 2. The van der Waals surface area contributed by atoms with Crippen LogP contribution in [0.25, 0.3) is 0 Å². The molecule has 1 aliphatic heterocycles. The van der Waals surface area contributed by atoms with E-state index in [4.69, 9.17) is 16.3 Å². The number of ether oxygens (including phenoxy) is 1. The van der Waals surface area contributed by atoms with Crippen molar-refractivity contribution < 1.29 is 9.53 Å². The summed E-state index contributed by atoms with van der Waals surface area (Å²) in [5.74, 6) is 2.34. The SMILES string of the molecule is CNc1nc(Nc2ccc(C(=O)N3CCN(CC4CCCCC4)CC3)cc2OC)ncc1Cl. The van der Waals surface area contributed by atoms with Crippen LogP contribution in [0.5, 0.6) is 5.75 Å². The van der Waals surface area contributed by atoms with Crippen molar-refractivity contribution in [2.45, 2.75) is 32.1 Å². The van der Waals surface area contributed by atoms with Crippen LogP contribution >= 0.6 is 11.6 Å². The lowest BCUT2D eigenvalue weighted by Crippen LogP contribution is -2.49. The molecule has 1 aromatic carbocycles. The van der Waals surface area contributed by atoms with Crippen LogP contribution < -0.4 is 15.4 Å². The maximum atomic E-state index is 13.1. The monoisotopic (exact) mass is 472 g/mol. The van der Waals surface area contributed by atoms with Gasteiger partial charge in [-0.2, -0.15) is 4.98 Å². The van der Waals surface area contributed by atoms with E-state index >= 15 is 0 Å². The summed E-state index contributed by atoms with van der Waals surface area (Å²) in [4.78, 5) is 26.2. The van der Waals surface area contributed by atoms with Gasteiger partial charge in [-0.1, -0.05) is 30.9 Å². The fourth-order valence-electron chi connectivity index (χ4n) is 4.70. The Morgan fingerprint density at radius 1 is 1.18 bits per heavy atom. The highest BCUT2D eigenvalue weighted by Crippen LogP contribution is 2.30. The molecule has 2 fully saturated rings. The van der Waals surface area contributed by atoms with Crippen molar-refractivity contribution in [3.63, 3.8) is 0 Å². The summed E-state index contributed by atoms with van der Waals surface area (Å²) in [6.45, 7) is 4.60. The summed E-state index contributed by atoms with van der Waals surface area (Å²) in [6.07, 6.45) is 8.38. The highest BCUT2D eigenvalue weighted by molar-refractivity contribution is 6.32. The van der Waals surface area contributed by atoms with Crippen LogP contribution in [-0.2, 0) is 0 Å². The average molecular weight is 473 g/mol. The molecule has 2 N–H and O–H groups in total. The molecule has 0 spiro atoms. The van der Waals surface area contributed by atoms with Crippen LogP contribution in [0.2, 0.25) is 5.02 Å². The van der Waals surface area contributed by atoms with Crippen molar-refractivity contribution in [2.75, 3.05) is 57.5 Å². The lowest BCUT2D eigenvalue weighted by molar-refractivity contribution is 0.0606.